The largest absolute Gasteiger partial charge is 0.496 e. The van der Waals surface area contributed by atoms with E-state index in [9.17, 15) is 9.18 Å². The average molecular weight is 352 g/mol. The highest BCUT2D eigenvalue weighted by Gasteiger charge is 2.36. The Bertz CT molecular complexity index is 594. The number of likely N-dealkylation sites (tertiary alicyclic amines) is 1. The molecule has 0 N–H and O–H groups in total. The summed E-state index contributed by atoms with van der Waals surface area (Å²) in [5.74, 6) is 0.413. The molecule has 0 radical (unpaired) electrons. The molecule has 25 heavy (non-hydrogen) atoms. The summed E-state index contributed by atoms with van der Waals surface area (Å²) < 4.78 is 25.4. The number of benzene rings is 1. The van der Waals surface area contributed by atoms with Crippen LogP contribution in [0.2, 0.25) is 0 Å². The van der Waals surface area contributed by atoms with Gasteiger partial charge >= 0.3 is 0 Å². The van der Waals surface area contributed by atoms with E-state index in [1.165, 1.54) is 6.07 Å². The van der Waals surface area contributed by atoms with Gasteiger partial charge in [0, 0.05) is 46.3 Å². The molecule has 1 fully saturated rings. The normalized spacial score (nSPS) is 21.2. The number of hydrogen-bond acceptors (Lipinski definition) is 4. The van der Waals surface area contributed by atoms with Crippen LogP contribution < -0.4 is 4.74 Å². The molecule has 1 heterocycles. The Morgan fingerprint density at radius 2 is 2.12 bits per heavy atom. The molecule has 0 aromatic heterocycles. The standard InChI is InChI=1S/C19H29FN2O3/c1-21(2)18(23)9-11-19(25-4)10-6-12-22(14-19)13-15-16(20)7-5-8-17(15)24-3/h5,7-8H,6,9-14H2,1-4H3/t19-/m1/s1. The number of nitrogens with zero attached hydrogens (tertiary/aromatic N) is 2. The van der Waals surface area contributed by atoms with Crippen molar-refractivity contribution < 1.29 is 18.7 Å². The van der Waals surface area contributed by atoms with Gasteiger partial charge in [-0.1, -0.05) is 6.07 Å². The first kappa shape index (κ1) is 19.7. The van der Waals surface area contributed by atoms with Crippen LogP contribution in [0, 0.1) is 5.82 Å². The minimum absolute atomic E-state index is 0.101. The van der Waals surface area contributed by atoms with Crippen molar-refractivity contribution in [3.63, 3.8) is 0 Å². The summed E-state index contributed by atoms with van der Waals surface area (Å²) in [7, 11) is 6.78. The van der Waals surface area contributed by atoms with Gasteiger partial charge in [0.1, 0.15) is 11.6 Å². The molecule has 1 atom stereocenters. The van der Waals surface area contributed by atoms with Crippen LogP contribution in [0.1, 0.15) is 31.2 Å². The van der Waals surface area contributed by atoms with E-state index in [0.29, 0.717) is 37.2 Å². The molecule has 1 amide bonds. The summed E-state index contributed by atoms with van der Waals surface area (Å²) in [4.78, 5) is 15.7. The molecule has 0 saturated carbocycles. The average Bonchev–Trinajstić information content (AvgIpc) is 2.61. The van der Waals surface area contributed by atoms with Gasteiger partial charge in [0.25, 0.3) is 0 Å². The van der Waals surface area contributed by atoms with E-state index < -0.39 is 0 Å². The van der Waals surface area contributed by atoms with Gasteiger partial charge in [0.15, 0.2) is 0 Å². The number of halogens is 1. The van der Waals surface area contributed by atoms with Crippen LogP contribution in [0.25, 0.3) is 0 Å². The fourth-order valence-electron chi connectivity index (χ4n) is 3.46. The van der Waals surface area contributed by atoms with Gasteiger partial charge in [0.05, 0.1) is 12.7 Å². The molecule has 6 heteroatoms. The summed E-state index contributed by atoms with van der Waals surface area (Å²) in [6.07, 6.45) is 3.00. The number of carbonyl (C=O) groups is 1. The summed E-state index contributed by atoms with van der Waals surface area (Å²) in [6.45, 7) is 2.04. The van der Waals surface area contributed by atoms with E-state index in [1.807, 2.05) is 0 Å². The Morgan fingerprint density at radius 3 is 2.76 bits per heavy atom. The highest BCUT2D eigenvalue weighted by Crippen LogP contribution is 2.32. The first-order chi connectivity index (χ1) is 11.9. The number of ether oxygens (including phenoxy) is 2. The molecule has 1 aromatic carbocycles. The van der Waals surface area contributed by atoms with Gasteiger partial charge in [-0.25, -0.2) is 4.39 Å². The Labute approximate surface area is 149 Å². The molecule has 1 aromatic rings. The lowest BCUT2D eigenvalue weighted by atomic mass is 9.87. The molecule has 0 unspecified atom stereocenters. The Kier molecular flexibility index (Phi) is 6.79. The fourth-order valence-corrected chi connectivity index (χ4v) is 3.46. The van der Waals surface area contributed by atoms with Crippen LogP contribution in [0.4, 0.5) is 4.39 Å². The van der Waals surface area contributed by atoms with Crippen LogP contribution in [-0.4, -0.2) is 62.7 Å². The van der Waals surface area contributed by atoms with Crippen molar-refractivity contribution in [3.05, 3.63) is 29.6 Å². The third-order valence-electron chi connectivity index (χ3n) is 5.02. The summed E-state index contributed by atoms with van der Waals surface area (Å²) in [6, 6.07) is 4.89. The van der Waals surface area contributed by atoms with Crippen molar-refractivity contribution in [2.45, 2.75) is 37.8 Å². The molecule has 140 valence electrons. The van der Waals surface area contributed by atoms with Gasteiger partial charge in [-0.2, -0.15) is 0 Å². The molecule has 0 bridgehead atoms. The predicted octanol–water partition coefficient (Wildman–Crippen LogP) is 2.68. The zero-order chi connectivity index (χ0) is 18.4. The molecule has 2 rings (SSSR count). The fraction of sp³-hybridized carbons (Fsp3) is 0.632. The van der Waals surface area contributed by atoms with Crippen LogP contribution in [-0.2, 0) is 16.1 Å². The highest BCUT2D eigenvalue weighted by molar-refractivity contribution is 5.75. The maximum Gasteiger partial charge on any atom is 0.222 e. The van der Waals surface area contributed by atoms with Crippen molar-refractivity contribution in [2.24, 2.45) is 0 Å². The number of rotatable bonds is 7. The predicted molar refractivity (Wildman–Crippen MR) is 95.1 cm³/mol. The second-order valence-corrected chi connectivity index (χ2v) is 6.91. The van der Waals surface area contributed by atoms with E-state index >= 15 is 0 Å². The highest BCUT2D eigenvalue weighted by atomic mass is 19.1. The van der Waals surface area contributed by atoms with Crippen LogP contribution in [0.5, 0.6) is 5.75 Å². The third-order valence-corrected chi connectivity index (χ3v) is 5.02. The lowest BCUT2D eigenvalue weighted by Gasteiger charge is -2.42. The second-order valence-electron chi connectivity index (χ2n) is 6.91. The third kappa shape index (κ3) is 4.92. The van der Waals surface area contributed by atoms with Crippen LogP contribution >= 0.6 is 0 Å². The molecular weight excluding hydrogens is 323 g/mol. The summed E-state index contributed by atoms with van der Waals surface area (Å²) in [5, 5.41) is 0. The van der Waals surface area contributed by atoms with Crippen LogP contribution in [0.15, 0.2) is 18.2 Å². The minimum atomic E-state index is -0.359. The number of piperidine rings is 1. The zero-order valence-electron chi connectivity index (χ0n) is 15.7. The Balaban J connectivity index is 2.07. The van der Waals surface area contributed by atoms with Crippen molar-refractivity contribution in [3.8, 4) is 5.75 Å². The smallest absolute Gasteiger partial charge is 0.222 e. The minimum Gasteiger partial charge on any atom is -0.496 e. The molecular formula is C19H29FN2O3. The summed E-state index contributed by atoms with van der Waals surface area (Å²) >= 11 is 0. The molecule has 1 aliphatic rings. The Morgan fingerprint density at radius 1 is 1.36 bits per heavy atom. The van der Waals surface area contributed by atoms with Crippen molar-refractivity contribution in [1.82, 2.24) is 9.80 Å². The molecule has 1 aliphatic heterocycles. The molecule has 5 nitrogen and oxygen atoms in total. The maximum absolute atomic E-state index is 14.2. The second kappa shape index (κ2) is 8.63. The summed E-state index contributed by atoms with van der Waals surface area (Å²) in [5.41, 5.74) is 0.212. The van der Waals surface area contributed by atoms with Crippen molar-refractivity contribution in [2.75, 3.05) is 41.4 Å². The first-order valence-electron chi connectivity index (χ1n) is 8.70. The lowest BCUT2D eigenvalue weighted by molar-refractivity contribution is -0.132. The van der Waals surface area contributed by atoms with E-state index in [-0.39, 0.29) is 17.3 Å². The monoisotopic (exact) mass is 352 g/mol. The van der Waals surface area contributed by atoms with Gasteiger partial charge in [-0.3, -0.25) is 9.69 Å². The molecule has 1 saturated heterocycles. The van der Waals surface area contributed by atoms with E-state index in [0.717, 1.165) is 19.4 Å². The first-order valence-corrected chi connectivity index (χ1v) is 8.70. The van der Waals surface area contributed by atoms with Crippen molar-refractivity contribution in [1.29, 1.82) is 0 Å². The maximum atomic E-state index is 14.2. The Hall–Kier alpha value is -1.66. The number of methoxy groups -OCH3 is 2. The molecule has 0 spiro atoms. The topological polar surface area (TPSA) is 42.0 Å². The van der Waals surface area contributed by atoms with Gasteiger partial charge < -0.3 is 14.4 Å². The van der Waals surface area contributed by atoms with Gasteiger partial charge in [-0.05, 0) is 37.9 Å². The SMILES string of the molecule is COc1cccc(F)c1CN1CCC[C@](CCC(=O)N(C)C)(OC)C1. The van der Waals surface area contributed by atoms with Crippen molar-refractivity contribution >= 4 is 5.91 Å². The van der Waals surface area contributed by atoms with E-state index in [4.69, 9.17) is 9.47 Å². The van der Waals surface area contributed by atoms with Gasteiger partial charge in [-0.15, -0.1) is 0 Å². The number of amides is 1. The van der Waals surface area contributed by atoms with E-state index in [2.05, 4.69) is 4.90 Å². The van der Waals surface area contributed by atoms with Gasteiger partial charge in [0.2, 0.25) is 5.91 Å². The lowest BCUT2D eigenvalue weighted by Crippen LogP contribution is -2.49. The number of carbonyl (C=O) groups excluding carboxylic acids is 1. The molecule has 0 aliphatic carbocycles. The number of hydrogen-bond donors (Lipinski definition) is 0. The van der Waals surface area contributed by atoms with E-state index in [1.54, 1.807) is 45.3 Å². The van der Waals surface area contributed by atoms with Crippen LogP contribution in [0.3, 0.4) is 0 Å². The quantitative estimate of drug-likeness (QED) is 0.757. The zero-order valence-corrected chi connectivity index (χ0v) is 15.7.